The summed E-state index contributed by atoms with van der Waals surface area (Å²) in [5.74, 6) is -2.11. The van der Waals surface area contributed by atoms with Crippen molar-refractivity contribution in [1.82, 2.24) is 0 Å². The van der Waals surface area contributed by atoms with Gasteiger partial charge in [-0.25, -0.2) is 4.79 Å². The van der Waals surface area contributed by atoms with E-state index in [1.54, 1.807) is 13.8 Å². The van der Waals surface area contributed by atoms with Crippen LogP contribution in [-0.4, -0.2) is 40.6 Å². The van der Waals surface area contributed by atoms with Crippen molar-refractivity contribution < 1.29 is 29.0 Å². The monoisotopic (exact) mass is 360 g/mol. The Balaban J connectivity index is 2.44. The fourth-order valence-electron chi connectivity index (χ4n) is 2.98. The van der Waals surface area contributed by atoms with Gasteiger partial charge in [0.15, 0.2) is 11.4 Å². The van der Waals surface area contributed by atoms with E-state index in [4.69, 9.17) is 9.47 Å². The van der Waals surface area contributed by atoms with Gasteiger partial charge in [0.1, 0.15) is 5.60 Å². The molecular formula is C14H17BrO6. The predicted molar refractivity (Wildman–Crippen MR) is 75.4 cm³/mol. The second-order valence-electron chi connectivity index (χ2n) is 5.59. The molecule has 1 heterocycles. The van der Waals surface area contributed by atoms with Crippen LogP contribution in [0.5, 0.6) is 0 Å². The standard InChI is InChI=1S/C14H17BrO6/c1-4-20-9(17)6-7-5-8(16)10(15)11-13(2,19)12(18)21-14(7,11)3/h7,19H,4-6H2,1-3H3/t7-,13+,14+/m1/s1. The van der Waals surface area contributed by atoms with Crippen molar-refractivity contribution >= 4 is 33.7 Å². The summed E-state index contributed by atoms with van der Waals surface area (Å²) in [4.78, 5) is 35.7. The maximum absolute atomic E-state index is 12.1. The number of hydrogen-bond acceptors (Lipinski definition) is 6. The highest BCUT2D eigenvalue weighted by atomic mass is 79.9. The van der Waals surface area contributed by atoms with Gasteiger partial charge in [-0.2, -0.15) is 0 Å². The third-order valence-electron chi connectivity index (χ3n) is 4.08. The molecule has 0 unspecified atom stereocenters. The number of ketones is 1. The van der Waals surface area contributed by atoms with E-state index >= 15 is 0 Å². The zero-order valence-corrected chi connectivity index (χ0v) is 13.7. The SMILES string of the molecule is CCOC(=O)C[C@H]1CC(=O)C(Br)=C2[C@](C)(O)C(=O)O[C@]21C. The summed E-state index contributed by atoms with van der Waals surface area (Å²) < 4.78 is 10.4. The van der Waals surface area contributed by atoms with Gasteiger partial charge < -0.3 is 14.6 Å². The quantitative estimate of drug-likeness (QED) is 0.761. The van der Waals surface area contributed by atoms with Gasteiger partial charge in [0.2, 0.25) is 0 Å². The van der Waals surface area contributed by atoms with E-state index in [1.807, 2.05) is 0 Å². The zero-order chi connectivity index (χ0) is 16.0. The van der Waals surface area contributed by atoms with Crippen molar-refractivity contribution in [2.75, 3.05) is 6.61 Å². The van der Waals surface area contributed by atoms with Crippen molar-refractivity contribution in [2.45, 2.75) is 44.8 Å². The normalized spacial score (nSPS) is 35.6. The Morgan fingerprint density at radius 1 is 1.48 bits per heavy atom. The first kappa shape index (κ1) is 16.2. The van der Waals surface area contributed by atoms with Crippen molar-refractivity contribution in [3.05, 3.63) is 10.1 Å². The van der Waals surface area contributed by atoms with Gasteiger partial charge >= 0.3 is 11.9 Å². The second kappa shape index (κ2) is 5.21. The van der Waals surface area contributed by atoms with E-state index in [2.05, 4.69) is 15.9 Å². The number of rotatable bonds is 3. The summed E-state index contributed by atoms with van der Waals surface area (Å²) in [6.07, 6.45) is -0.00796. The lowest BCUT2D eigenvalue weighted by Gasteiger charge is -2.37. The molecule has 2 rings (SSSR count). The molecule has 1 saturated heterocycles. The topological polar surface area (TPSA) is 89.9 Å². The van der Waals surface area contributed by atoms with Gasteiger partial charge in [0.25, 0.3) is 0 Å². The number of halogens is 1. The van der Waals surface area contributed by atoms with Gasteiger partial charge in [-0.1, -0.05) is 0 Å². The van der Waals surface area contributed by atoms with Gasteiger partial charge in [0.05, 0.1) is 17.5 Å². The molecule has 0 bridgehead atoms. The van der Waals surface area contributed by atoms with Crippen molar-refractivity contribution in [3.8, 4) is 0 Å². The zero-order valence-electron chi connectivity index (χ0n) is 12.1. The molecule has 0 radical (unpaired) electrons. The molecule has 0 aromatic heterocycles. The Labute approximate surface area is 130 Å². The van der Waals surface area contributed by atoms with Crippen LogP contribution in [0.2, 0.25) is 0 Å². The minimum Gasteiger partial charge on any atom is -0.466 e. The van der Waals surface area contributed by atoms with E-state index in [1.165, 1.54) is 6.92 Å². The molecule has 6 nitrogen and oxygen atoms in total. The average molecular weight is 361 g/mol. The number of aliphatic hydroxyl groups is 1. The molecule has 0 aromatic rings. The molecule has 21 heavy (non-hydrogen) atoms. The number of allylic oxidation sites excluding steroid dienone is 1. The summed E-state index contributed by atoms with van der Waals surface area (Å²) in [7, 11) is 0. The van der Waals surface area contributed by atoms with E-state index in [-0.39, 0.29) is 35.3 Å². The maximum atomic E-state index is 12.1. The third-order valence-corrected chi connectivity index (χ3v) is 4.92. The Hall–Kier alpha value is -1.21. The molecule has 0 amide bonds. The number of ether oxygens (including phenoxy) is 2. The lowest BCUT2D eigenvalue weighted by Crippen LogP contribution is -2.45. The number of fused-ring (bicyclic) bond motifs is 1. The van der Waals surface area contributed by atoms with Crippen molar-refractivity contribution in [1.29, 1.82) is 0 Å². The Kier molecular flexibility index (Phi) is 4.01. The highest BCUT2D eigenvalue weighted by molar-refractivity contribution is 9.12. The van der Waals surface area contributed by atoms with Crippen LogP contribution >= 0.6 is 15.9 Å². The first-order valence-corrected chi connectivity index (χ1v) is 7.49. The van der Waals surface area contributed by atoms with Gasteiger partial charge in [0, 0.05) is 17.9 Å². The summed E-state index contributed by atoms with van der Waals surface area (Å²) in [6, 6.07) is 0. The number of hydrogen-bond donors (Lipinski definition) is 1. The number of esters is 2. The lowest BCUT2D eigenvalue weighted by atomic mass is 9.70. The highest BCUT2D eigenvalue weighted by Gasteiger charge is 2.62. The molecule has 1 N–H and O–H groups in total. The summed E-state index contributed by atoms with van der Waals surface area (Å²) in [6.45, 7) is 4.82. The second-order valence-corrected chi connectivity index (χ2v) is 6.38. The van der Waals surface area contributed by atoms with Crippen LogP contribution in [0.4, 0.5) is 0 Å². The summed E-state index contributed by atoms with van der Waals surface area (Å²) in [5, 5.41) is 10.3. The van der Waals surface area contributed by atoms with E-state index < -0.39 is 29.1 Å². The summed E-state index contributed by atoms with van der Waals surface area (Å²) >= 11 is 3.15. The molecule has 7 heteroatoms. The number of carbonyl (C=O) groups excluding carboxylic acids is 3. The van der Waals surface area contributed by atoms with Crippen LogP contribution in [0.1, 0.15) is 33.6 Å². The molecule has 2 aliphatic rings. The van der Waals surface area contributed by atoms with Crippen LogP contribution < -0.4 is 0 Å². The smallest absolute Gasteiger partial charge is 0.343 e. The van der Waals surface area contributed by atoms with Crippen LogP contribution in [0.15, 0.2) is 10.1 Å². The predicted octanol–water partition coefficient (Wildman–Crippen LogP) is 1.24. The minimum absolute atomic E-state index is 0.0444. The van der Waals surface area contributed by atoms with Crippen LogP contribution in [0, 0.1) is 5.92 Å². The molecule has 0 saturated carbocycles. The highest BCUT2D eigenvalue weighted by Crippen LogP contribution is 2.52. The molecule has 1 aliphatic heterocycles. The van der Waals surface area contributed by atoms with E-state index in [9.17, 15) is 19.5 Å². The molecule has 3 atom stereocenters. The van der Waals surface area contributed by atoms with Crippen LogP contribution in [0.25, 0.3) is 0 Å². The van der Waals surface area contributed by atoms with Crippen molar-refractivity contribution in [2.24, 2.45) is 5.92 Å². The van der Waals surface area contributed by atoms with E-state index in [0.29, 0.717) is 0 Å². The Bertz CT molecular complexity index is 550. The van der Waals surface area contributed by atoms with Gasteiger partial charge in [-0.3, -0.25) is 9.59 Å². The Morgan fingerprint density at radius 3 is 2.67 bits per heavy atom. The summed E-state index contributed by atoms with van der Waals surface area (Å²) in [5.41, 5.74) is -2.89. The molecule has 1 aliphatic carbocycles. The number of carbonyl (C=O) groups is 3. The fraction of sp³-hybridized carbons (Fsp3) is 0.643. The van der Waals surface area contributed by atoms with E-state index in [0.717, 1.165) is 0 Å². The van der Waals surface area contributed by atoms with Crippen molar-refractivity contribution in [3.63, 3.8) is 0 Å². The lowest BCUT2D eigenvalue weighted by molar-refractivity contribution is -0.163. The molecule has 0 aromatic carbocycles. The van der Waals surface area contributed by atoms with Crippen LogP contribution in [-0.2, 0) is 23.9 Å². The minimum atomic E-state index is -1.88. The third kappa shape index (κ3) is 2.42. The first-order chi connectivity index (χ1) is 9.64. The van der Waals surface area contributed by atoms with Gasteiger partial charge in [-0.15, -0.1) is 0 Å². The fourth-order valence-corrected chi connectivity index (χ4v) is 3.92. The Morgan fingerprint density at radius 2 is 2.10 bits per heavy atom. The van der Waals surface area contributed by atoms with Crippen LogP contribution in [0.3, 0.4) is 0 Å². The molecule has 0 spiro atoms. The first-order valence-electron chi connectivity index (χ1n) is 6.70. The number of Topliss-reactive ketones (excluding diaryl/α,β-unsaturated/α-hetero) is 1. The molecule has 116 valence electrons. The molecule has 1 fully saturated rings. The average Bonchev–Trinajstić information content (AvgIpc) is 2.54. The largest absolute Gasteiger partial charge is 0.466 e. The van der Waals surface area contributed by atoms with Gasteiger partial charge in [-0.05, 0) is 36.7 Å². The maximum Gasteiger partial charge on any atom is 0.343 e. The molecular weight excluding hydrogens is 344 g/mol.